The second kappa shape index (κ2) is 6.04. The average Bonchev–Trinajstić information content (AvgIpc) is 2.90. The topological polar surface area (TPSA) is 113 Å². The number of carbonyl (C=O) groups is 3. The summed E-state index contributed by atoms with van der Waals surface area (Å²) in [6, 6.07) is 3.49. The van der Waals surface area contributed by atoms with Crippen LogP contribution in [0.2, 0.25) is 0 Å². The highest BCUT2D eigenvalue weighted by atomic mass is 16.6. The highest BCUT2D eigenvalue weighted by Crippen LogP contribution is 2.47. The lowest BCUT2D eigenvalue weighted by molar-refractivity contribution is -0.384. The summed E-state index contributed by atoms with van der Waals surface area (Å²) in [4.78, 5) is 51.8. The first-order valence-electron chi connectivity index (χ1n) is 9.04. The van der Waals surface area contributed by atoms with Gasteiger partial charge in [0.1, 0.15) is 0 Å². The van der Waals surface area contributed by atoms with Crippen molar-refractivity contribution >= 4 is 29.2 Å². The number of rotatable bonds is 1. The van der Waals surface area contributed by atoms with Crippen LogP contribution in [0.25, 0.3) is 0 Å². The summed E-state index contributed by atoms with van der Waals surface area (Å²) in [5.74, 6) is -1.14. The number of fused-ring (bicyclic) bond motifs is 4. The molecule has 0 unspecified atom stereocenters. The lowest BCUT2D eigenvalue weighted by Crippen LogP contribution is -2.71. The largest absolute Gasteiger partial charge is 0.367 e. The zero-order valence-corrected chi connectivity index (χ0v) is 14.9. The Labute approximate surface area is 155 Å². The molecule has 3 aliphatic rings. The van der Waals surface area contributed by atoms with Crippen LogP contribution < -0.4 is 10.2 Å². The smallest absolute Gasteiger partial charge is 0.330 e. The van der Waals surface area contributed by atoms with Crippen LogP contribution in [0.4, 0.5) is 16.2 Å². The van der Waals surface area contributed by atoms with Gasteiger partial charge in [-0.1, -0.05) is 12.8 Å². The molecule has 2 saturated heterocycles. The Morgan fingerprint density at radius 1 is 1.22 bits per heavy atom. The van der Waals surface area contributed by atoms with Crippen molar-refractivity contribution in [3.63, 3.8) is 0 Å². The van der Waals surface area contributed by atoms with E-state index in [4.69, 9.17) is 0 Å². The predicted octanol–water partition coefficient (Wildman–Crippen LogP) is 1.59. The van der Waals surface area contributed by atoms with Gasteiger partial charge in [0, 0.05) is 37.8 Å². The van der Waals surface area contributed by atoms with Gasteiger partial charge in [0.2, 0.25) is 11.8 Å². The molecule has 1 aromatic carbocycles. The van der Waals surface area contributed by atoms with Gasteiger partial charge in [-0.05, 0) is 24.5 Å². The molecule has 1 N–H and O–H groups in total. The second-order valence-electron chi connectivity index (χ2n) is 7.40. The van der Waals surface area contributed by atoms with Crippen LogP contribution in [0, 0.1) is 15.5 Å². The highest BCUT2D eigenvalue weighted by Gasteiger charge is 2.61. The van der Waals surface area contributed by atoms with Crippen LogP contribution in [-0.4, -0.2) is 47.3 Å². The Hall–Kier alpha value is -2.97. The van der Waals surface area contributed by atoms with Crippen LogP contribution in [0.15, 0.2) is 18.2 Å². The van der Waals surface area contributed by atoms with Crippen molar-refractivity contribution in [3.05, 3.63) is 33.9 Å². The first kappa shape index (κ1) is 17.4. The molecular formula is C18H20N4O5. The lowest BCUT2D eigenvalue weighted by Gasteiger charge is -2.51. The molecule has 0 saturated carbocycles. The minimum atomic E-state index is -1.45. The quantitative estimate of drug-likeness (QED) is 0.455. The van der Waals surface area contributed by atoms with Crippen molar-refractivity contribution in [1.29, 1.82) is 0 Å². The molecule has 0 aromatic heterocycles. The number of imide groups is 2. The van der Waals surface area contributed by atoms with Gasteiger partial charge in [-0.25, -0.2) is 4.79 Å². The van der Waals surface area contributed by atoms with Gasteiger partial charge in [0.15, 0.2) is 5.41 Å². The Bertz CT molecular complexity index is 869. The summed E-state index contributed by atoms with van der Waals surface area (Å²) in [5.41, 5.74) is -0.105. The molecule has 9 heteroatoms. The average molecular weight is 372 g/mol. The Balaban J connectivity index is 1.91. The van der Waals surface area contributed by atoms with E-state index in [2.05, 4.69) is 5.32 Å². The molecule has 0 radical (unpaired) electrons. The van der Waals surface area contributed by atoms with E-state index >= 15 is 0 Å². The van der Waals surface area contributed by atoms with Crippen molar-refractivity contribution in [1.82, 2.24) is 10.2 Å². The standard InChI is InChI=1S/C18H20N4O5/c1-20-16(24)18(15(23)19-17(20)25)10-11-9-12(22(26)27)6-7-13(11)21-8-4-2-3-5-14(18)21/h6-7,9,14H,2-5,8,10H2,1H3,(H,19,23,25)/t14-,18-/m1/s1. The molecule has 1 aromatic rings. The molecule has 3 heterocycles. The number of carbonyl (C=O) groups excluding carboxylic acids is 3. The number of urea groups is 1. The van der Waals surface area contributed by atoms with Crippen molar-refractivity contribution in [2.45, 2.75) is 38.1 Å². The molecule has 2 atom stereocenters. The van der Waals surface area contributed by atoms with Crippen molar-refractivity contribution < 1.29 is 19.3 Å². The fourth-order valence-electron chi connectivity index (χ4n) is 4.67. The van der Waals surface area contributed by atoms with Crippen LogP contribution >= 0.6 is 0 Å². The van der Waals surface area contributed by atoms with Crippen molar-refractivity contribution in [2.75, 3.05) is 18.5 Å². The third-order valence-corrected chi connectivity index (χ3v) is 5.99. The van der Waals surface area contributed by atoms with E-state index in [1.54, 1.807) is 6.07 Å². The first-order chi connectivity index (χ1) is 12.9. The molecule has 3 aliphatic heterocycles. The van der Waals surface area contributed by atoms with Gasteiger partial charge in [-0.2, -0.15) is 0 Å². The minimum Gasteiger partial charge on any atom is -0.367 e. The van der Waals surface area contributed by atoms with Gasteiger partial charge in [-0.3, -0.25) is 29.9 Å². The number of nitrogens with zero attached hydrogens (tertiary/aromatic N) is 3. The maximum absolute atomic E-state index is 13.2. The summed E-state index contributed by atoms with van der Waals surface area (Å²) in [5, 5.41) is 13.5. The molecule has 2 fully saturated rings. The fraction of sp³-hybridized carbons (Fsp3) is 0.500. The van der Waals surface area contributed by atoms with Gasteiger partial charge in [-0.15, -0.1) is 0 Å². The number of non-ortho nitro benzene ring substituents is 1. The zero-order chi connectivity index (χ0) is 19.3. The number of barbiturate groups is 1. The number of nitrogens with one attached hydrogen (secondary N) is 1. The van der Waals surface area contributed by atoms with Gasteiger partial charge in [0.05, 0.1) is 11.0 Å². The van der Waals surface area contributed by atoms with E-state index in [9.17, 15) is 24.5 Å². The minimum absolute atomic E-state index is 0.0491. The van der Waals surface area contributed by atoms with Crippen LogP contribution in [-0.2, 0) is 16.0 Å². The van der Waals surface area contributed by atoms with Crippen LogP contribution in [0.5, 0.6) is 0 Å². The molecule has 4 amide bonds. The van der Waals surface area contributed by atoms with E-state index in [0.717, 1.165) is 29.8 Å². The first-order valence-corrected chi connectivity index (χ1v) is 9.04. The normalized spacial score (nSPS) is 27.7. The Morgan fingerprint density at radius 2 is 2.00 bits per heavy atom. The van der Waals surface area contributed by atoms with Gasteiger partial charge >= 0.3 is 6.03 Å². The van der Waals surface area contributed by atoms with Crippen LogP contribution in [0.3, 0.4) is 0 Å². The van der Waals surface area contributed by atoms with E-state index in [0.29, 0.717) is 18.5 Å². The molecular weight excluding hydrogens is 352 g/mol. The summed E-state index contributed by atoms with van der Waals surface area (Å²) in [6.07, 6.45) is 3.47. The fourth-order valence-corrected chi connectivity index (χ4v) is 4.67. The highest BCUT2D eigenvalue weighted by molar-refractivity contribution is 6.20. The Kier molecular flexibility index (Phi) is 3.90. The monoisotopic (exact) mass is 372 g/mol. The summed E-state index contributed by atoms with van der Waals surface area (Å²) in [7, 11) is 1.36. The molecule has 0 aliphatic carbocycles. The predicted molar refractivity (Wildman–Crippen MR) is 95.1 cm³/mol. The number of amides is 4. The number of nitro groups is 1. The molecule has 9 nitrogen and oxygen atoms in total. The number of hydrogen-bond acceptors (Lipinski definition) is 6. The maximum atomic E-state index is 13.2. The van der Waals surface area contributed by atoms with E-state index in [-0.39, 0.29) is 18.2 Å². The second-order valence-corrected chi connectivity index (χ2v) is 7.40. The van der Waals surface area contributed by atoms with Gasteiger partial charge < -0.3 is 4.90 Å². The van der Waals surface area contributed by atoms with E-state index in [1.807, 2.05) is 4.90 Å². The van der Waals surface area contributed by atoms with Crippen molar-refractivity contribution in [2.24, 2.45) is 5.41 Å². The van der Waals surface area contributed by atoms with Crippen molar-refractivity contribution in [3.8, 4) is 0 Å². The third-order valence-electron chi connectivity index (χ3n) is 5.99. The van der Waals surface area contributed by atoms with E-state index < -0.39 is 28.2 Å². The summed E-state index contributed by atoms with van der Waals surface area (Å²) in [6.45, 7) is 0.662. The summed E-state index contributed by atoms with van der Waals surface area (Å²) < 4.78 is 0. The number of hydrogen-bond donors (Lipinski definition) is 1. The zero-order valence-electron chi connectivity index (χ0n) is 14.9. The lowest BCUT2D eigenvalue weighted by atomic mass is 9.67. The SMILES string of the molecule is CN1C(=O)NC(=O)[C@]2(Cc3cc([N+](=O)[O-])ccc3N3CCCCC[C@@H]32)C1=O. The number of benzene rings is 1. The van der Waals surface area contributed by atoms with E-state index in [1.165, 1.54) is 19.2 Å². The maximum Gasteiger partial charge on any atom is 0.330 e. The van der Waals surface area contributed by atoms with Gasteiger partial charge in [0.25, 0.3) is 5.69 Å². The molecule has 0 bridgehead atoms. The van der Waals surface area contributed by atoms with Crippen LogP contribution in [0.1, 0.15) is 31.2 Å². The summed E-state index contributed by atoms with van der Waals surface area (Å²) >= 11 is 0. The Morgan fingerprint density at radius 3 is 2.74 bits per heavy atom. The third kappa shape index (κ3) is 2.41. The number of anilines is 1. The molecule has 27 heavy (non-hydrogen) atoms. The molecule has 142 valence electrons. The number of nitro benzene ring substituents is 1. The molecule has 1 spiro atoms. The molecule has 4 rings (SSSR count).